The smallest absolute Gasteiger partial charge is 0.327 e. The zero-order valence-corrected chi connectivity index (χ0v) is 14.3. The Balaban J connectivity index is 3.20. The number of hydrogen-bond acceptors (Lipinski definition) is 1. The number of aliphatic carboxylic acids is 1. The summed E-state index contributed by atoms with van der Waals surface area (Å²) in [5.41, 5.74) is 0. The van der Waals surface area contributed by atoms with Gasteiger partial charge in [0.2, 0.25) is 0 Å². The fraction of sp³-hybridized carbons (Fsp3) is 0.650. The van der Waals surface area contributed by atoms with Crippen LogP contribution in [-0.2, 0) is 4.79 Å². The van der Waals surface area contributed by atoms with Crippen LogP contribution in [-0.4, -0.2) is 11.1 Å². The van der Waals surface area contributed by atoms with Crippen LogP contribution in [0.15, 0.2) is 36.5 Å². The molecular weight excluding hydrogens is 272 g/mol. The maximum Gasteiger partial charge on any atom is 0.327 e. The van der Waals surface area contributed by atoms with Crippen molar-refractivity contribution in [1.82, 2.24) is 0 Å². The maximum atomic E-state index is 10.2. The van der Waals surface area contributed by atoms with Gasteiger partial charge >= 0.3 is 5.97 Å². The van der Waals surface area contributed by atoms with E-state index in [4.69, 9.17) is 5.11 Å². The number of hydrogen-bond donors (Lipinski definition) is 1. The predicted octanol–water partition coefficient (Wildman–Crippen LogP) is 6.44. The minimum Gasteiger partial charge on any atom is -0.478 e. The van der Waals surface area contributed by atoms with Crippen molar-refractivity contribution in [3.63, 3.8) is 0 Å². The lowest BCUT2D eigenvalue weighted by molar-refractivity contribution is -0.131. The summed E-state index contributed by atoms with van der Waals surface area (Å²) in [4.78, 5) is 10.2. The van der Waals surface area contributed by atoms with E-state index >= 15 is 0 Å². The lowest BCUT2D eigenvalue weighted by atomic mass is 10.1. The van der Waals surface area contributed by atoms with Crippen molar-refractivity contribution in [3.8, 4) is 0 Å². The van der Waals surface area contributed by atoms with Crippen LogP contribution in [0.5, 0.6) is 0 Å². The lowest BCUT2D eigenvalue weighted by Gasteiger charge is -1.98. The van der Waals surface area contributed by atoms with E-state index in [0.717, 1.165) is 12.8 Å². The summed E-state index contributed by atoms with van der Waals surface area (Å²) < 4.78 is 0. The summed E-state index contributed by atoms with van der Waals surface area (Å²) in [6, 6.07) is 0. The van der Waals surface area contributed by atoms with Crippen LogP contribution in [0.3, 0.4) is 0 Å². The number of allylic oxidation sites excluding steroid dienone is 5. The molecule has 2 nitrogen and oxygen atoms in total. The van der Waals surface area contributed by atoms with Crippen molar-refractivity contribution in [3.05, 3.63) is 36.5 Å². The molecule has 2 heteroatoms. The summed E-state index contributed by atoms with van der Waals surface area (Å²) >= 11 is 0. The Morgan fingerprint density at radius 1 is 0.727 bits per heavy atom. The summed E-state index contributed by atoms with van der Waals surface area (Å²) in [6.07, 6.45) is 26.6. The number of carbonyl (C=O) groups is 1. The number of carboxylic acid groups (broad SMARTS) is 1. The lowest BCUT2D eigenvalue weighted by Crippen LogP contribution is -1.84. The first-order chi connectivity index (χ1) is 10.8. The van der Waals surface area contributed by atoms with Gasteiger partial charge < -0.3 is 5.11 Å². The summed E-state index contributed by atoms with van der Waals surface area (Å²) in [6.45, 7) is 2.25. The first kappa shape index (κ1) is 20.7. The monoisotopic (exact) mass is 306 g/mol. The van der Waals surface area contributed by atoms with E-state index in [2.05, 4.69) is 25.2 Å². The topological polar surface area (TPSA) is 37.3 Å². The third-order valence-corrected chi connectivity index (χ3v) is 3.58. The fourth-order valence-corrected chi connectivity index (χ4v) is 2.26. The van der Waals surface area contributed by atoms with Gasteiger partial charge in [-0.15, -0.1) is 0 Å². The summed E-state index contributed by atoms with van der Waals surface area (Å²) in [7, 11) is 0. The third-order valence-electron chi connectivity index (χ3n) is 3.58. The van der Waals surface area contributed by atoms with Gasteiger partial charge in [-0.05, 0) is 44.9 Å². The molecule has 0 amide bonds. The fourth-order valence-electron chi connectivity index (χ4n) is 2.26. The van der Waals surface area contributed by atoms with Crippen LogP contribution < -0.4 is 0 Å². The van der Waals surface area contributed by atoms with Crippen molar-refractivity contribution >= 4 is 5.97 Å². The predicted molar refractivity (Wildman–Crippen MR) is 96.1 cm³/mol. The molecule has 0 bridgehead atoms. The van der Waals surface area contributed by atoms with E-state index in [9.17, 15) is 4.79 Å². The van der Waals surface area contributed by atoms with Gasteiger partial charge in [-0.3, -0.25) is 0 Å². The molecule has 22 heavy (non-hydrogen) atoms. The Labute approximate surface area is 137 Å². The first-order valence-corrected chi connectivity index (χ1v) is 8.96. The van der Waals surface area contributed by atoms with Crippen LogP contribution in [0.2, 0.25) is 0 Å². The Kier molecular flexibility index (Phi) is 16.7. The standard InChI is InChI=1S/C20H34O2/c1-2-3-4-5-6-7-8-9-10-11-12-13-14-15-16-17-18-19-20(21)22/h6-7,15-16,18-19H,2-5,8-14,17H2,1H3,(H,21,22). The molecule has 0 aromatic carbocycles. The van der Waals surface area contributed by atoms with E-state index in [1.807, 2.05) is 6.08 Å². The minimum absolute atomic E-state index is 0.719. The van der Waals surface area contributed by atoms with Gasteiger partial charge in [0, 0.05) is 6.08 Å². The SMILES string of the molecule is CCCCCC=CCCCCCCCC=CCC=CC(=O)O. The van der Waals surface area contributed by atoms with E-state index in [1.54, 1.807) is 6.08 Å². The molecule has 1 N–H and O–H groups in total. The Morgan fingerprint density at radius 2 is 1.23 bits per heavy atom. The van der Waals surface area contributed by atoms with Crippen molar-refractivity contribution in [2.75, 3.05) is 0 Å². The zero-order chi connectivity index (χ0) is 16.3. The van der Waals surface area contributed by atoms with Gasteiger partial charge in [-0.1, -0.05) is 69.4 Å². The second-order valence-electron chi connectivity index (χ2n) is 5.76. The van der Waals surface area contributed by atoms with Gasteiger partial charge in [0.1, 0.15) is 0 Å². The van der Waals surface area contributed by atoms with Crippen LogP contribution in [0.25, 0.3) is 0 Å². The van der Waals surface area contributed by atoms with Gasteiger partial charge in [-0.2, -0.15) is 0 Å². The largest absolute Gasteiger partial charge is 0.478 e. The number of carboxylic acids is 1. The van der Waals surface area contributed by atoms with Crippen LogP contribution >= 0.6 is 0 Å². The molecule has 0 radical (unpaired) electrons. The molecule has 0 fully saturated rings. The zero-order valence-electron chi connectivity index (χ0n) is 14.3. The van der Waals surface area contributed by atoms with E-state index in [0.29, 0.717) is 0 Å². The average Bonchev–Trinajstić information content (AvgIpc) is 2.50. The van der Waals surface area contributed by atoms with Crippen molar-refractivity contribution in [2.45, 2.75) is 84.0 Å². The molecule has 0 atom stereocenters. The molecule has 0 saturated heterocycles. The highest BCUT2D eigenvalue weighted by atomic mass is 16.4. The number of unbranched alkanes of at least 4 members (excludes halogenated alkanes) is 9. The molecule has 0 rings (SSSR count). The molecule has 126 valence electrons. The molecule has 0 aliphatic heterocycles. The van der Waals surface area contributed by atoms with Crippen molar-refractivity contribution in [1.29, 1.82) is 0 Å². The summed E-state index contributed by atoms with van der Waals surface area (Å²) in [5.74, 6) is -0.871. The highest BCUT2D eigenvalue weighted by molar-refractivity contribution is 5.79. The minimum atomic E-state index is -0.871. The summed E-state index contributed by atoms with van der Waals surface area (Å²) in [5, 5.41) is 8.42. The second kappa shape index (κ2) is 17.7. The van der Waals surface area contributed by atoms with Crippen molar-refractivity contribution in [2.24, 2.45) is 0 Å². The molecule has 0 aromatic heterocycles. The molecule has 0 aromatic rings. The highest BCUT2D eigenvalue weighted by Gasteiger charge is 1.89. The first-order valence-electron chi connectivity index (χ1n) is 8.96. The Bertz CT molecular complexity index is 327. The highest BCUT2D eigenvalue weighted by Crippen LogP contribution is 2.09. The Hall–Kier alpha value is -1.31. The molecular formula is C20H34O2. The van der Waals surface area contributed by atoms with Crippen LogP contribution in [0.1, 0.15) is 84.0 Å². The number of rotatable bonds is 15. The molecule has 0 aliphatic rings. The van der Waals surface area contributed by atoms with Crippen LogP contribution in [0.4, 0.5) is 0 Å². The normalized spacial score (nSPS) is 12.0. The van der Waals surface area contributed by atoms with Gasteiger partial charge in [0.05, 0.1) is 0 Å². The van der Waals surface area contributed by atoms with Gasteiger partial charge in [0.25, 0.3) is 0 Å². The van der Waals surface area contributed by atoms with E-state index in [1.165, 1.54) is 70.3 Å². The molecule has 0 heterocycles. The molecule has 0 spiro atoms. The maximum absolute atomic E-state index is 10.2. The third kappa shape index (κ3) is 18.7. The molecule has 0 saturated carbocycles. The quantitative estimate of drug-likeness (QED) is 0.215. The van der Waals surface area contributed by atoms with Gasteiger partial charge in [0.15, 0.2) is 0 Å². The van der Waals surface area contributed by atoms with Crippen LogP contribution in [0, 0.1) is 0 Å². The second-order valence-corrected chi connectivity index (χ2v) is 5.76. The van der Waals surface area contributed by atoms with E-state index < -0.39 is 5.97 Å². The van der Waals surface area contributed by atoms with Gasteiger partial charge in [-0.25, -0.2) is 4.79 Å². The molecule has 0 unspecified atom stereocenters. The van der Waals surface area contributed by atoms with E-state index in [-0.39, 0.29) is 0 Å². The van der Waals surface area contributed by atoms with Crippen molar-refractivity contribution < 1.29 is 9.90 Å². The Morgan fingerprint density at radius 3 is 1.77 bits per heavy atom. The molecule has 0 aliphatic carbocycles. The average molecular weight is 306 g/mol.